The molecule has 0 saturated carbocycles. The van der Waals surface area contributed by atoms with Gasteiger partial charge in [-0.2, -0.15) is 0 Å². The standard InChI is InChI=1S/C18H31N3/c1-15(2)13-19-17-5-7-18(8-6-17)21-11-9-20(10-12-21)14-16(3)4/h5-8,15-16,19H,9-14H2,1-4H3. The molecule has 1 N–H and O–H groups in total. The van der Waals surface area contributed by atoms with Crippen molar-refractivity contribution < 1.29 is 0 Å². The van der Waals surface area contributed by atoms with Gasteiger partial charge in [0.2, 0.25) is 0 Å². The monoisotopic (exact) mass is 289 g/mol. The van der Waals surface area contributed by atoms with Gasteiger partial charge in [-0.1, -0.05) is 27.7 Å². The lowest BCUT2D eigenvalue weighted by molar-refractivity contribution is 0.231. The number of hydrogen-bond donors (Lipinski definition) is 1. The summed E-state index contributed by atoms with van der Waals surface area (Å²) in [4.78, 5) is 5.09. The number of anilines is 2. The predicted molar refractivity (Wildman–Crippen MR) is 93.3 cm³/mol. The van der Waals surface area contributed by atoms with Crippen molar-refractivity contribution in [3.05, 3.63) is 24.3 Å². The first-order valence-electron chi connectivity index (χ1n) is 8.36. The SMILES string of the molecule is CC(C)CNc1ccc(N2CCN(CC(C)C)CC2)cc1. The van der Waals surface area contributed by atoms with Crippen molar-refractivity contribution in [2.24, 2.45) is 11.8 Å². The van der Waals surface area contributed by atoms with Crippen LogP contribution in [0.2, 0.25) is 0 Å². The summed E-state index contributed by atoms with van der Waals surface area (Å²) in [6, 6.07) is 8.91. The van der Waals surface area contributed by atoms with E-state index >= 15 is 0 Å². The Kier molecular flexibility index (Phi) is 5.92. The maximum atomic E-state index is 3.48. The molecule has 21 heavy (non-hydrogen) atoms. The fourth-order valence-corrected chi connectivity index (χ4v) is 2.82. The van der Waals surface area contributed by atoms with Crippen LogP contribution in [0.25, 0.3) is 0 Å². The highest BCUT2D eigenvalue weighted by Gasteiger charge is 2.17. The van der Waals surface area contributed by atoms with Crippen LogP contribution in [0.3, 0.4) is 0 Å². The summed E-state index contributed by atoms with van der Waals surface area (Å²) in [5.41, 5.74) is 2.58. The van der Waals surface area contributed by atoms with E-state index in [1.807, 2.05) is 0 Å². The summed E-state index contributed by atoms with van der Waals surface area (Å²) in [6.45, 7) is 16.0. The van der Waals surface area contributed by atoms with E-state index in [0.717, 1.165) is 25.6 Å². The second-order valence-electron chi connectivity index (χ2n) is 7.00. The van der Waals surface area contributed by atoms with Crippen LogP contribution in [0.1, 0.15) is 27.7 Å². The lowest BCUT2D eigenvalue weighted by atomic mass is 10.1. The van der Waals surface area contributed by atoms with Crippen molar-refractivity contribution in [3.8, 4) is 0 Å². The molecule has 1 heterocycles. The Hall–Kier alpha value is -1.22. The Morgan fingerprint density at radius 2 is 1.52 bits per heavy atom. The molecular weight excluding hydrogens is 258 g/mol. The first-order valence-corrected chi connectivity index (χ1v) is 8.36. The molecule has 0 aliphatic carbocycles. The predicted octanol–water partition coefficient (Wildman–Crippen LogP) is 3.53. The van der Waals surface area contributed by atoms with Crippen molar-refractivity contribution in [3.63, 3.8) is 0 Å². The van der Waals surface area contributed by atoms with E-state index in [2.05, 4.69) is 67.1 Å². The molecule has 0 atom stereocenters. The average Bonchev–Trinajstić information content (AvgIpc) is 2.46. The van der Waals surface area contributed by atoms with Gasteiger partial charge in [0, 0.05) is 50.6 Å². The van der Waals surface area contributed by atoms with E-state index in [-0.39, 0.29) is 0 Å². The molecule has 118 valence electrons. The summed E-state index contributed by atoms with van der Waals surface area (Å²) in [6.07, 6.45) is 0. The zero-order chi connectivity index (χ0) is 15.2. The normalized spacial score (nSPS) is 16.8. The maximum Gasteiger partial charge on any atom is 0.0368 e. The second-order valence-corrected chi connectivity index (χ2v) is 7.00. The topological polar surface area (TPSA) is 18.5 Å². The fourth-order valence-electron chi connectivity index (χ4n) is 2.82. The molecule has 1 fully saturated rings. The lowest BCUT2D eigenvalue weighted by Crippen LogP contribution is -2.47. The Bertz CT molecular complexity index is 403. The van der Waals surface area contributed by atoms with Crippen LogP contribution < -0.4 is 10.2 Å². The molecule has 2 rings (SSSR count). The number of nitrogens with zero attached hydrogens (tertiary/aromatic N) is 2. The maximum absolute atomic E-state index is 3.48. The molecule has 1 saturated heterocycles. The molecule has 1 aromatic rings. The summed E-state index contributed by atoms with van der Waals surface area (Å²) in [5.74, 6) is 1.45. The van der Waals surface area contributed by atoms with E-state index in [0.29, 0.717) is 5.92 Å². The Morgan fingerprint density at radius 3 is 2.05 bits per heavy atom. The second kappa shape index (κ2) is 7.69. The zero-order valence-electron chi connectivity index (χ0n) is 14.1. The highest BCUT2D eigenvalue weighted by molar-refractivity contribution is 5.55. The van der Waals surface area contributed by atoms with Crippen molar-refractivity contribution >= 4 is 11.4 Å². The Balaban J connectivity index is 1.83. The van der Waals surface area contributed by atoms with Crippen LogP contribution in [-0.4, -0.2) is 44.2 Å². The van der Waals surface area contributed by atoms with E-state index in [4.69, 9.17) is 0 Å². The molecule has 0 amide bonds. The number of nitrogens with one attached hydrogen (secondary N) is 1. The molecular formula is C18H31N3. The van der Waals surface area contributed by atoms with Gasteiger partial charge in [-0.3, -0.25) is 4.90 Å². The zero-order valence-corrected chi connectivity index (χ0v) is 14.1. The van der Waals surface area contributed by atoms with E-state index in [9.17, 15) is 0 Å². The Labute approximate surface area is 130 Å². The highest BCUT2D eigenvalue weighted by Crippen LogP contribution is 2.20. The summed E-state index contributed by atoms with van der Waals surface area (Å²) in [5, 5.41) is 3.48. The fraction of sp³-hybridized carbons (Fsp3) is 0.667. The van der Waals surface area contributed by atoms with Crippen LogP contribution in [0.4, 0.5) is 11.4 Å². The minimum atomic E-state index is 0.679. The molecule has 3 nitrogen and oxygen atoms in total. The molecule has 1 aromatic carbocycles. The van der Waals surface area contributed by atoms with Crippen molar-refractivity contribution in [1.82, 2.24) is 4.90 Å². The van der Waals surface area contributed by atoms with Crippen molar-refractivity contribution in [1.29, 1.82) is 0 Å². The van der Waals surface area contributed by atoms with Gasteiger partial charge in [-0.15, -0.1) is 0 Å². The van der Waals surface area contributed by atoms with Gasteiger partial charge >= 0.3 is 0 Å². The number of rotatable bonds is 6. The average molecular weight is 289 g/mol. The molecule has 3 heteroatoms. The smallest absolute Gasteiger partial charge is 0.0368 e. The molecule has 0 spiro atoms. The van der Waals surface area contributed by atoms with Crippen LogP contribution in [0.5, 0.6) is 0 Å². The third-order valence-electron chi connectivity index (χ3n) is 3.94. The summed E-state index contributed by atoms with van der Waals surface area (Å²) < 4.78 is 0. The Morgan fingerprint density at radius 1 is 0.905 bits per heavy atom. The van der Waals surface area contributed by atoms with E-state index in [1.54, 1.807) is 0 Å². The van der Waals surface area contributed by atoms with Crippen molar-refractivity contribution in [2.45, 2.75) is 27.7 Å². The van der Waals surface area contributed by atoms with Gasteiger partial charge in [0.15, 0.2) is 0 Å². The summed E-state index contributed by atoms with van der Waals surface area (Å²) in [7, 11) is 0. The molecule has 1 aliphatic heterocycles. The molecule has 0 unspecified atom stereocenters. The first kappa shape index (κ1) is 16.2. The minimum Gasteiger partial charge on any atom is -0.385 e. The van der Waals surface area contributed by atoms with Crippen molar-refractivity contribution in [2.75, 3.05) is 49.5 Å². The van der Waals surface area contributed by atoms with E-state index in [1.165, 1.54) is 31.0 Å². The van der Waals surface area contributed by atoms with Crippen LogP contribution in [-0.2, 0) is 0 Å². The van der Waals surface area contributed by atoms with Gasteiger partial charge in [-0.25, -0.2) is 0 Å². The van der Waals surface area contributed by atoms with Gasteiger partial charge in [0.25, 0.3) is 0 Å². The summed E-state index contributed by atoms with van der Waals surface area (Å²) >= 11 is 0. The number of hydrogen-bond acceptors (Lipinski definition) is 3. The lowest BCUT2D eigenvalue weighted by Gasteiger charge is -2.36. The van der Waals surface area contributed by atoms with Crippen LogP contribution >= 0.6 is 0 Å². The highest BCUT2D eigenvalue weighted by atomic mass is 15.3. The molecule has 1 aliphatic rings. The molecule has 0 aromatic heterocycles. The number of benzene rings is 1. The minimum absolute atomic E-state index is 0.679. The van der Waals surface area contributed by atoms with Gasteiger partial charge in [-0.05, 0) is 36.1 Å². The number of piperazine rings is 1. The third kappa shape index (κ3) is 5.24. The molecule has 0 bridgehead atoms. The van der Waals surface area contributed by atoms with Gasteiger partial charge in [0.1, 0.15) is 0 Å². The van der Waals surface area contributed by atoms with Crippen LogP contribution in [0.15, 0.2) is 24.3 Å². The third-order valence-corrected chi connectivity index (χ3v) is 3.94. The molecule has 0 radical (unpaired) electrons. The first-order chi connectivity index (χ1) is 10.0. The largest absolute Gasteiger partial charge is 0.385 e. The van der Waals surface area contributed by atoms with Gasteiger partial charge < -0.3 is 10.2 Å². The van der Waals surface area contributed by atoms with Crippen LogP contribution in [0, 0.1) is 11.8 Å². The van der Waals surface area contributed by atoms with E-state index < -0.39 is 0 Å². The quantitative estimate of drug-likeness (QED) is 0.864. The van der Waals surface area contributed by atoms with Gasteiger partial charge in [0.05, 0.1) is 0 Å².